The van der Waals surface area contributed by atoms with Crippen LogP contribution in [0.25, 0.3) is 11.2 Å². The second-order valence-electron chi connectivity index (χ2n) is 9.15. The largest absolute Gasteiger partial charge is 0.573 e. The minimum Gasteiger partial charge on any atom is -0.406 e. The molecule has 2 N–H and O–H groups in total. The zero-order valence-electron chi connectivity index (χ0n) is 19.6. The average molecular weight is 520 g/mol. The number of carbonyl (C=O) groups excluding carboxylic acids is 1. The first-order valence-corrected chi connectivity index (χ1v) is 11.8. The summed E-state index contributed by atoms with van der Waals surface area (Å²) in [4.78, 5) is 37.9. The predicted octanol–water partition coefficient (Wildman–Crippen LogP) is 3.30. The highest BCUT2D eigenvalue weighted by Crippen LogP contribution is 2.30. The van der Waals surface area contributed by atoms with Crippen LogP contribution in [-0.4, -0.2) is 64.1 Å². The molecule has 0 saturated carbocycles. The lowest BCUT2D eigenvalue weighted by Crippen LogP contribution is -2.41. The molecule has 0 aliphatic carbocycles. The van der Waals surface area contributed by atoms with Crippen LogP contribution < -0.4 is 20.9 Å². The monoisotopic (exact) mass is 520 g/mol. The Balaban J connectivity index is 1.31. The van der Waals surface area contributed by atoms with Crippen LogP contribution in [0.5, 0.6) is 5.75 Å². The Hall–Kier alpha value is -3.90. The quantitative estimate of drug-likeness (QED) is 0.416. The number of alkyl halides is 4. The highest BCUT2D eigenvalue weighted by molar-refractivity contribution is 5.99. The topological polar surface area (TPSA) is 107 Å². The summed E-state index contributed by atoms with van der Waals surface area (Å²) in [7, 11) is 0. The molecule has 5 rings (SSSR count). The Bertz CT molecular complexity index is 1390. The number of hydrogen-bond donors (Lipinski definition) is 1. The third kappa shape index (κ3) is 5.16. The number of pyridine rings is 1. The first-order chi connectivity index (χ1) is 17.6. The number of hydrogen-bond acceptors (Lipinski definition) is 7. The third-order valence-corrected chi connectivity index (χ3v) is 6.71. The van der Waals surface area contributed by atoms with Crippen molar-refractivity contribution in [3.05, 3.63) is 52.6 Å². The maximum Gasteiger partial charge on any atom is 0.573 e. The van der Waals surface area contributed by atoms with Gasteiger partial charge in [0.15, 0.2) is 5.65 Å². The number of fused-ring (bicyclic) bond motifs is 1. The van der Waals surface area contributed by atoms with Crippen molar-refractivity contribution in [1.82, 2.24) is 19.4 Å². The summed E-state index contributed by atoms with van der Waals surface area (Å²) in [6.45, 7) is 1.50. The van der Waals surface area contributed by atoms with Gasteiger partial charge in [-0.3, -0.25) is 14.2 Å². The number of nitrogen functional groups attached to an aromatic ring is 1. The zero-order chi connectivity index (χ0) is 26.3. The van der Waals surface area contributed by atoms with Gasteiger partial charge in [-0.15, -0.1) is 13.2 Å². The molecule has 2 aliphatic heterocycles. The molecule has 3 aromatic rings. The maximum absolute atomic E-state index is 13.6. The van der Waals surface area contributed by atoms with Crippen molar-refractivity contribution in [2.75, 3.05) is 36.8 Å². The first kappa shape index (κ1) is 24.8. The number of amides is 1. The summed E-state index contributed by atoms with van der Waals surface area (Å²) in [6.07, 6.45) is -1.52. The van der Waals surface area contributed by atoms with Crippen LogP contribution in [0.1, 0.15) is 35.7 Å². The van der Waals surface area contributed by atoms with Crippen LogP contribution in [0.2, 0.25) is 0 Å². The number of carbonyl (C=O) groups is 1. The predicted molar refractivity (Wildman–Crippen MR) is 127 cm³/mol. The van der Waals surface area contributed by atoms with Crippen molar-refractivity contribution in [3.8, 4) is 5.75 Å². The van der Waals surface area contributed by atoms with Crippen LogP contribution in [0, 0.1) is 0 Å². The number of aromatic nitrogens is 3. The van der Waals surface area contributed by atoms with Crippen LogP contribution >= 0.6 is 0 Å². The summed E-state index contributed by atoms with van der Waals surface area (Å²) in [5.41, 5.74) is 7.16. The molecule has 2 fully saturated rings. The van der Waals surface area contributed by atoms with Crippen molar-refractivity contribution in [3.63, 3.8) is 0 Å². The number of nitrogens with two attached hydrogens (primary N) is 1. The van der Waals surface area contributed by atoms with Gasteiger partial charge < -0.3 is 20.3 Å². The SMILES string of the molecule is Nc1cc(OC(F)(F)F)ccc1C(=O)N1CCC(n2c(=O)cnc3cc(N4CC[C@H](F)C4)cnc32)CC1. The molecule has 2 aromatic heterocycles. The fourth-order valence-electron chi connectivity index (χ4n) is 4.92. The van der Waals surface area contributed by atoms with E-state index in [-0.39, 0.29) is 22.9 Å². The Morgan fingerprint density at radius 3 is 2.46 bits per heavy atom. The molecular formula is C24H24F4N6O3. The number of anilines is 2. The van der Waals surface area contributed by atoms with Gasteiger partial charge in [0.25, 0.3) is 11.5 Å². The van der Waals surface area contributed by atoms with Crippen molar-refractivity contribution in [2.45, 2.75) is 37.8 Å². The number of likely N-dealkylation sites (tertiary alicyclic amines) is 1. The first-order valence-electron chi connectivity index (χ1n) is 11.8. The van der Waals surface area contributed by atoms with Crippen molar-refractivity contribution in [1.29, 1.82) is 0 Å². The molecule has 2 saturated heterocycles. The van der Waals surface area contributed by atoms with Crippen LogP contribution in [0.3, 0.4) is 0 Å². The van der Waals surface area contributed by atoms with E-state index < -0.39 is 24.2 Å². The summed E-state index contributed by atoms with van der Waals surface area (Å²) >= 11 is 0. The van der Waals surface area contributed by atoms with Gasteiger partial charge in [-0.2, -0.15) is 0 Å². The second kappa shape index (κ2) is 9.52. The third-order valence-electron chi connectivity index (χ3n) is 6.71. The van der Waals surface area contributed by atoms with Gasteiger partial charge in [0, 0.05) is 44.0 Å². The van der Waals surface area contributed by atoms with E-state index in [0.717, 1.165) is 17.8 Å². The number of rotatable bonds is 4. The zero-order valence-corrected chi connectivity index (χ0v) is 19.6. The van der Waals surface area contributed by atoms with Gasteiger partial charge in [-0.25, -0.2) is 14.4 Å². The Kier molecular flexibility index (Phi) is 6.38. The van der Waals surface area contributed by atoms with E-state index in [2.05, 4.69) is 14.7 Å². The minimum absolute atomic E-state index is 0.0751. The highest BCUT2D eigenvalue weighted by atomic mass is 19.4. The standard InChI is InChI=1S/C24H24F4N6O3/c25-14-3-6-33(13-14)16-9-20-22(31-11-16)34(21(35)12-30-20)15-4-7-32(8-5-15)23(36)18-2-1-17(10-19(18)29)37-24(26,27)28/h1-2,9-12,14-15H,3-8,13,29H2/t14-/m0/s1. The van der Waals surface area contributed by atoms with E-state index in [4.69, 9.17) is 5.73 Å². The summed E-state index contributed by atoms with van der Waals surface area (Å²) in [6, 6.07) is 4.78. The molecule has 1 atom stereocenters. The number of ether oxygens (including phenoxy) is 1. The van der Waals surface area contributed by atoms with E-state index in [0.29, 0.717) is 56.6 Å². The van der Waals surface area contributed by atoms with Crippen molar-refractivity contribution < 1.29 is 27.1 Å². The van der Waals surface area contributed by atoms with E-state index in [1.807, 2.05) is 4.90 Å². The lowest BCUT2D eigenvalue weighted by atomic mass is 10.0. The molecule has 1 amide bonds. The molecule has 2 aliphatic rings. The molecule has 4 heterocycles. The number of nitrogens with zero attached hydrogens (tertiary/aromatic N) is 5. The van der Waals surface area contributed by atoms with E-state index in [1.54, 1.807) is 21.7 Å². The highest BCUT2D eigenvalue weighted by Gasteiger charge is 2.32. The lowest BCUT2D eigenvalue weighted by molar-refractivity contribution is -0.274. The van der Waals surface area contributed by atoms with Crippen LogP contribution in [-0.2, 0) is 0 Å². The molecular weight excluding hydrogens is 496 g/mol. The Morgan fingerprint density at radius 1 is 1.05 bits per heavy atom. The normalized spacial score (nSPS) is 19.0. The van der Waals surface area contributed by atoms with Crippen molar-refractivity contribution >= 4 is 28.4 Å². The van der Waals surface area contributed by atoms with Gasteiger partial charge in [0.05, 0.1) is 23.6 Å². The molecule has 13 heteroatoms. The van der Waals surface area contributed by atoms with E-state index in [1.165, 1.54) is 12.3 Å². The molecule has 37 heavy (non-hydrogen) atoms. The van der Waals surface area contributed by atoms with Crippen LogP contribution in [0.15, 0.2) is 41.5 Å². The molecule has 0 unspecified atom stereocenters. The van der Waals surface area contributed by atoms with Gasteiger partial charge in [0.2, 0.25) is 0 Å². The average Bonchev–Trinajstić information content (AvgIpc) is 3.29. The van der Waals surface area contributed by atoms with Crippen LogP contribution in [0.4, 0.5) is 28.9 Å². The lowest BCUT2D eigenvalue weighted by Gasteiger charge is -2.33. The summed E-state index contributed by atoms with van der Waals surface area (Å²) < 4.78 is 56.4. The summed E-state index contributed by atoms with van der Waals surface area (Å²) in [5, 5.41) is 0. The fraction of sp³-hybridized carbons (Fsp3) is 0.417. The molecule has 1 aromatic carbocycles. The Morgan fingerprint density at radius 2 is 1.81 bits per heavy atom. The molecule has 0 bridgehead atoms. The van der Waals surface area contributed by atoms with Gasteiger partial charge in [0.1, 0.15) is 17.4 Å². The van der Waals surface area contributed by atoms with E-state index in [9.17, 15) is 27.2 Å². The van der Waals surface area contributed by atoms with E-state index >= 15 is 0 Å². The van der Waals surface area contributed by atoms with Gasteiger partial charge in [-0.1, -0.05) is 0 Å². The maximum atomic E-state index is 13.6. The van der Waals surface area contributed by atoms with Crippen molar-refractivity contribution in [2.24, 2.45) is 0 Å². The second-order valence-corrected chi connectivity index (χ2v) is 9.15. The fourth-order valence-corrected chi connectivity index (χ4v) is 4.92. The number of halogens is 4. The Labute approximate surface area is 208 Å². The molecule has 0 radical (unpaired) electrons. The summed E-state index contributed by atoms with van der Waals surface area (Å²) in [5.74, 6) is -0.921. The molecule has 9 nitrogen and oxygen atoms in total. The number of benzene rings is 1. The molecule has 0 spiro atoms. The van der Waals surface area contributed by atoms with Gasteiger partial charge >= 0.3 is 6.36 Å². The minimum atomic E-state index is -4.86. The molecule has 196 valence electrons. The van der Waals surface area contributed by atoms with Gasteiger partial charge in [-0.05, 0) is 37.5 Å². The number of piperidine rings is 1. The smallest absolute Gasteiger partial charge is 0.406 e.